The van der Waals surface area contributed by atoms with Crippen molar-refractivity contribution in [2.45, 2.75) is 32.6 Å². The van der Waals surface area contributed by atoms with E-state index < -0.39 is 0 Å². The van der Waals surface area contributed by atoms with Crippen molar-refractivity contribution in [1.29, 1.82) is 0 Å². The summed E-state index contributed by atoms with van der Waals surface area (Å²) in [5, 5.41) is 2.80. The number of rotatable bonds is 1. The van der Waals surface area contributed by atoms with Crippen LogP contribution in [0.2, 0.25) is 0 Å². The molecule has 2 aliphatic rings. The third-order valence-corrected chi connectivity index (χ3v) is 4.23. The fourth-order valence-electron chi connectivity index (χ4n) is 3.12. The highest BCUT2D eigenvalue weighted by atomic mass is 16.2. The van der Waals surface area contributed by atoms with E-state index in [-0.39, 0.29) is 17.7 Å². The predicted molar refractivity (Wildman–Crippen MR) is 77.6 cm³/mol. The number of nitrogens with one attached hydrogen (secondary N) is 1. The van der Waals surface area contributed by atoms with Gasteiger partial charge in [-0.3, -0.25) is 9.59 Å². The first-order valence-electron chi connectivity index (χ1n) is 7.33. The Bertz CT molecular complexity index is 543. The minimum absolute atomic E-state index is 0.0590. The number of carbonyl (C=O) groups is 2. The Morgan fingerprint density at radius 2 is 2.20 bits per heavy atom. The monoisotopic (exact) mass is 272 g/mol. The molecule has 2 amide bonds. The van der Waals surface area contributed by atoms with Gasteiger partial charge in [0.05, 0.1) is 5.92 Å². The molecular weight excluding hydrogens is 252 g/mol. The van der Waals surface area contributed by atoms with Crippen molar-refractivity contribution in [2.24, 2.45) is 5.92 Å². The van der Waals surface area contributed by atoms with Crippen molar-refractivity contribution in [1.82, 2.24) is 5.32 Å². The second-order valence-electron chi connectivity index (χ2n) is 5.77. The van der Waals surface area contributed by atoms with Crippen LogP contribution in [0.5, 0.6) is 0 Å². The second kappa shape index (κ2) is 5.27. The fourth-order valence-corrected chi connectivity index (χ4v) is 3.12. The van der Waals surface area contributed by atoms with Crippen LogP contribution in [-0.4, -0.2) is 24.9 Å². The van der Waals surface area contributed by atoms with Gasteiger partial charge in [-0.1, -0.05) is 17.7 Å². The molecular formula is C16H20N2O2. The predicted octanol–water partition coefficient (Wildman–Crippen LogP) is 1.80. The first-order chi connectivity index (χ1) is 9.65. The third-order valence-electron chi connectivity index (χ3n) is 4.23. The van der Waals surface area contributed by atoms with Crippen LogP contribution in [0.25, 0.3) is 0 Å². The number of hydrogen-bond acceptors (Lipinski definition) is 2. The lowest BCUT2D eigenvalue weighted by Gasteiger charge is -2.33. The maximum Gasteiger partial charge on any atom is 0.231 e. The molecule has 20 heavy (non-hydrogen) atoms. The highest BCUT2D eigenvalue weighted by Gasteiger charge is 2.31. The molecule has 2 aliphatic heterocycles. The highest BCUT2D eigenvalue weighted by molar-refractivity contribution is 5.97. The maximum atomic E-state index is 12.7. The van der Waals surface area contributed by atoms with Crippen LogP contribution in [0.1, 0.15) is 30.4 Å². The zero-order chi connectivity index (χ0) is 14.1. The van der Waals surface area contributed by atoms with Gasteiger partial charge in [0.2, 0.25) is 11.8 Å². The Hall–Kier alpha value is -1.84. The van der Waals surface area contributed by atoms with Gasteiger partial charge >= 0.3 is 0 Å². The van der Waals surface area contributed by atoms with Crippen LogP contribution >= 0.6 is 0 Å². The molecule has 1 saturated heterocycles. The van der Waals surface area contributed by atoms with Gasteiger partial charge in [0.25, 0.3) is 0 Å². The van der Waals surface area contributed by atoms with Crippen LogP contribution in [-0.2, 0) is 16.0 Å². The first-order valence-corrected chi connectivity index (χ1v) is 7.33. The van der Waals surface area contributed by atoms with E-state index in [1.54, 1.807) is 0 Å². The Balaban J connectivity index is 1.81. The summed E-state index contributed by atoms with van der Waals surface area (Å²) >= 11 is 0. The molecule has 4 heteroatoms. The average molecular weight is 272 g/mol. The molecule has 1 aromatic carbocycles. The van der Waals surface area contributed by atoms with Crippen LogP contribution < -0.4 is 10.2 Å². The van der Waals surface area contributed by atoms with Crippen LogP contribution in [0.15, 0.2) is 18.2 Å². The number of hydrogen-bond donors (Lipinski definition) is 1. The van der Waals surface area contributed by atoms with Crippen molar-refractivity contribution >= 4 is 17.5 Å². The summed E-state index contributed by atoms with van der Waals surface area (Å²) in [6, 6.07) is 6.30. The van der Waals surface area contributed by atoms with Gasteiger partial charge in [-0.2, -0.15) is 0 Å². The quantitative estimate of drug-likeness (QED) is 0.847. The molecule has 1 atom stereocenters. The summed E-state index contributed by atoms with van der Waals surface area (Å²) in [5.74, 6) is 0.151. The van der Waals surface area contributed by atoms with E-state index in [0.29, 0.717) is 19.4 Å². The molecule has 1 fully saturated rings. The van der Waals surface area contributed by atoms with Crippen molar-refractivity contribution in [3.63, 3.8) is 0 Å². The Kier molecular flexibility index (Phi) is 3.47. The number of nitrogens with zero attached hydrogens (tertiary/aromatic N) is 1. The molecule has 3 rings (SSSR count). The molecule has 2 heterocycles. The Labute approximate surface area is 119 Å². The number of fused-ring (bicyclic) bond motifs is 1. The van der Waals surface area contributed by atoms with E-state index in [0.717, 1.165) is 25.1 Å². The van der Waals surface area contributed by atoms with Gasteiger partial charge in [-0.05, 0) is 37.8 Å². The first kappa shape index (κ1) is 13.2. The largest absolute Gasteiger partial charge is 0.355 e. The summed E-state index contributed by atoms with van der Waals surface area (Å²) in [4.78, 5) is 25.8. The zero-order valence-corrected chi connectivity index (χ0v) is 11.8. The van der Waals surface area contributed by atoms with Crippen LogP contribution in [0.3, 0.4) is 0 Å². The lowest BCUT2D eigenvalue weighted by Crippen LogP contribution is -2.46. The average Bonchev–Trinajstić information content (AvgIpc) is 2.46. The molecule has 0 radical (unpaired) electrons. The van der Waals surface area contributed by atoms with E-state index >= 15 is 0 Å². The Morgan fingerprint density at radius 3 is 2.95 bits per heavy atom. The lowest BCUT2D eigenvalue weighted by molar-refractivity contribution is -0.127. The molecule has 0 spiro atoms. The lowest BCUT2D eigenvalue weighted by atomic mass is 9.94. The van der Waals surface area contributed by atoms with E-state index in [9.17, 15) is 9.59 Å². The highest BCUT2D eigenvalue weighted by Crippen LogP contribution is 2.30. The van der Waals surface area contributed by atoms with Crippen LogP contribution in [0.4, 0.5) is 5.69 Å². The van der Waals surface area contributed by atoms with E-state index in [1.165, 1.54) is 11.1 Å². The molecule has 1 unspecified atom stereocenters. The number of aryl methyl sites for hydroxylation is 2. The molecule has 106 valence electrons. The molecule has 1 N–H and O–H groups in total. The standard InChI is InChI=1S/C16H20N2O2/c1-11-4-6-14-12(9-11)3-2-8-18(14)16(20)13-5-7-15(19)17-10-13/h4,6,9,13H,2-3,5,7-8,10H2,1H3,(H,17,19). The molecule has 1 aromatic rings. The van der Waals surface area contributed by atoms with E-state index in [1.807, 2.05) is 4.90 Å². The van der Waals surface area contributed by atoms with Crippen molar-refractivity contribution in [3.05, 3.63) is 29.3 Å². The van der Waals surface area contributed by atoms with Crippen molar-refractivity contribution in [2.75, 3.05) is 18.0 Å². The number of benzene rings is 1. The van der Waals surface area contributed by atoms with Gasteiger partial charge in [-0.25, -0.2) is 0 Å². The number of piperidine rings is 1. The molecule has 0 aromatic heterocycles. The minimum Gasteiger partial charge on any atom is -0.355 e. The maximum absolute atomic E-state index is 12.7. The smallest absolute Gasteiger partial charge is 0.231 e. The molecule has 0 bridgehead atoms. The summed E-state index contributed by atoms with van der Waals surface area (Å²) < 4.78 is 0. The van der Waals surface area contributed by atoms with Crippen molar-refractivity contribution in [3.8, 4) is 0 Å². The summed E-state index contributed by atoms with van der Waals surface area (Å²) in [6.45, 7) is 3.35. The van der Waals surface area contributed by atoms with Crippen LogP contribution in [0, 0.1) is 12.8 Å². The summed E-state index contributed by atoms with van der Waals surface area (Å²) in [6.07, 6.45) is 3.19. The number of amides is 2. The van der Waals surface area contributed by atoms with Gasteiger partial charge in [-0.15, -0.1) is 0 Å². The summed E-state index contributed by atoms with van der Waals surface area (Å²) in [5.41, 5.74) is 3.57. The Morgan fingerprint density at radius 1 is 1.35 bits per heavy atom. The van der Waals surface area contributed by atoms with Gasteiger partial charge in [0.15, 0.2) is 0 Å². The van der Waals surface area contributed by atoms with Gasteiger partial charge < -0.3 is 10.2 Å². The number of anilines is 1. The second-order valence-corrected chi connectivity index (χ2v) is 5.77. The number of carbonyl (C=O) groups excluding carboxylic acids is 2. The zero-order valence-electron chi connectivity index (χ0n) is 11.8. The van der Waals surface area contributed by atoms with E-state index in [4.69, 9.17) is 0 Å². The fraction of sp³-hybridized carbons (Fsp3) is 0.500. The molecule has 4 nitrogen and oxygen atoms in total. The normalized spacial score (nSPS) is 22.1. The van der Waals surface area contributed by atoms with Crippen molar-refractivity contribution < 1.29 is 9.59 Å². The third kappa shape index (κ3) is 2.42. The molecule has 0 aliphatic carbocycles. The topological polar surface area (TPSA) is 49.4 Å². The molecule has 0 saturated carbocycles. The van der Waals surface area contributed by atoms with Gasteiger partial charge in [0, 0.05) is 25.2 Å². The van der Waals surface area contributed by atoms with Gasteiger partial charge in [0.1, 0.15) is 0 Å². The minimum atomic E-state index is -0.0695. The van der Waals surface area contributed by atoms with E-state index in [2.05, 4.69) is 30.4 Å². The summed E-state index contributed by atoms with van der Waals surface area (Å²) in [7, 11) is 0. The SMILES string of the molecule is Cc1ccc2c(c1)CCCN2C(=O)C1CCC(=O)NC1.